The van der Waals surface area contributed by atoms with Crippen LogP contribution >= 0.6 is 23.8 Å². The van der Waals surface area contributed by atoms with E-state index in [0.29, 0.717) is 27.8 Å². The van der Waals surface area contributed by atoms with E-state index in [-0.39, 0.29) is 11.3 Å². The number of aromatic nitrogens is 3. The third kappa shape index (κ3) is 4.45. The van der Waals surface area contributed by atoms with Crippen LogP contribution < -0.4 is 15.4 Å². The first-order chi connectivity index (χ1) is 17.3. The Kier molecular flexibility index (Phi) is 5.91. The highest BCUT2D eigenvalue weighted by molar-refractivity contribution is 7.80. The Morgan fingerprint density at radius 3 is 2.36 bits per heavy atom. The minimum atomic E-state index is 0.0236. The molecule has 4 aliphatic carbocycles. The molecule has 0 atom stereocenters. The highest BCUT2D eigenvalue weighted by Gasteiger charge is 2.51. The molecule has 36 heavy (non-hydrogen) atoms. The Morgan fingerprint density at radius 2 is 1.75 bits per heavy atom. The zero-order valence-electron chi connectivity index (χ0n) is 20.5. The number of benzene rings is 2. The van der Waals surface area contributed by atoms with Gasteiger partial charge in [0.15, 0.2) is 5.11 Å². The standard InChI is InChI=1S/C27H30ClN5O2S/c1-15-5-22-23(32-33(31-22)19-3-4-24(35-2)20(28)9-19)10-21(15)29-26(36)30-25(34)14-27-11-16-6-17(12-27)8-18(7-16)13-27/h3-5,9-10,16-18H,6-8,11-14H2,1-2H3,(H2,29,30,34,36). The average molecular weight is 524 g/mol. The Labute approximate surface area is 220 Å². The molecule has 0 radical (unpaired) electrons. The fourth-order valence-electron chi connectivity index (χ4n) is 7.27. The van der Waals surface area contributed by atoms with Gasteiger partial charge in [0.05, 0.1) is 17.8 Å². The molecule has 3 aromatic rings. The van der Waals surface area contributed by atoms with Crippen LogP contribution in [0.15, 0.2) is 30.3 Å². The number of halogens is 1. The van der Waals surface area contributed by atoms with Gasteiger partial charge in [-0.1, -0.05) is 11.6 Å². The summed E-state index contributed by atoms with van der Waals surface area (Å²) in [5.74, 6) is 3.09. The number of amides is 1. The lowest BCUT2D eigenvalue weighted by molar-refractivity contribution is -0.127. The fourth-order valence-corrected chi connectivity index (χ4v) is 7.74. The second-order valence-electron chi connectivity index (χ2n) is 11.1. The maximum Gasteiger partial charge on any atom is 0.226 e. The molecule has 0 unspecified atom stereocenters. The predicted octanol–water partition coefficient (Wildman–Crippen LogP) is 5.81. The highest BCUT2D eigenvalue weighted by atomic mass is 35.5. The van der Waals surface area contributed by atoms with E-state index < -0.39 is 0 Å². The maximum absolute atomic E-state index is 13.0. The third-order valence-corrected chi connectivity index (χ3v) is 8.79. The highest BCUT2D eigenvalue weighted by Crippen LogP contribution is 2.61. The van der Waals surface area contributed by atoms with Crippen LogP contribution in [0.1, 0.15) is 50.5 Å². The van der Waals surface area contributed by atoms with Crippen molar-refractivity contribution < 1.29 is 9.53 Å². The monoisotopic (exact) mass is 523 g/mol. The van der Waals surface area contributed by atoms with Gasteiger partial charge in [-0.05, 0) is 117 Å². The van der Waals surface area contributed by atoms with Crippen LogP contribution in [0.3, 0.4) is 0 Å². The van der Waals surface area contributed by atoms with Crippen LogP contribution in [0.2, 0.25) is 5.02 Å². The molecule has 4 fully saturated rings. The number of hydrogen-bond acceptors (Lipinski definition) is 5. The number of ether oxygens (including phenoxy) is 1. The van der Waals surface area contributed by atoms with Gasteiger partial charge in [0, 0.05) is 12.1 Å². The quantitative estimate of drug-likeness (QED) is 0.411. The first-order valence-corrected chi connectivity index (χ1v) is 13.4. The van der Waals surface area contributed by atoms with Crippen molar-refractivity contribution in [3.05, 3.63) is 40.9 Å². The molecule has 4 saturated carbocycles. The van der Waals surface area contributed by atoms with Crippen LogP contribution in [0.25, 0.3) is 16.7 Å². The maximum atomic E-state index is 13.0. The SMILES string of the molecule is COc1ccc(-n2nc3cc(C)c(NC(=S)NC(=O)CC45CC6CC(CC(C6)C4)C5)cc3n2)cc1Cl. The number of thiocarbonyl (C=S) groups is 1. The molecule has 0 saturated heterocycles. The van der Waals surface area contributed by atoms with Crippen molar-refractivity contribution in [3.8, 4) is 11.4 Å². The Hall–Kier alpha value is -2.71. The van der Waals surface area contributed by atoms with Gasteiger partial charge in [0.25, 0.3) is 0 Å². The van der Waals surface area contributed by atoms with Crippen molar-refractivity contribution in [2.75, 3.05) is 12.4 Å². The summed E-state index contributed by atoms with van der Waals surface area (Å²) in [6, 6.07) is 9.25. The molecule has 188 valence electrons. The second kappa shape index (κ2) is 8.99. The van der Waals surface area contributed by atoms with Gasteiger partial charge >= 0.3 is 0 Å². The summed E-state index contributed by atoms with van der Waals surface area (Å²) in [5, 5.41) is 16.1. The zero-order chi connectivity index (χ0) is 25.0. The van der Waals surface area contributed by atoms with Crippen LogP contribution in [0.4, 0.5) is 5.69 Å². The van der Waals surface area contributed by atoms with E-state index in [4.69, 9.17) is 28.6 Å². The summed E-state index contributed by atoms with van der Waals surface area (Å²) in [4.78, 5) is 14.5. The first kappa shape index (κ1) is 23.7. The van der Waals surface area contributed by atoms with Crippen molar-refractivity contribution in [1.82, 2.24) is 20.3 Å². The largest absolute Gasteiger partial charge is 0.495 e. The molecule has 2 N–H and O–H groups in total. The van der Waals surface area contributed by atoms with Gasteiger partial charge in [0.1, 0.15) is 16.8 Å². The number of carbonyl (C=O) groups is 1. The van der Waals surface area contributed by atoms with Crippen molar-refractivity contribution in [2.24, 2.45) is 23.2 Å². The van der Waals surface area contributed by atoms with Gasteiger partial charge in [-0.3, -0.25) is 4.79 Å². The molecule has 1 heterocycles. The van der Waals surface area contributed by atoms with Gasteiger partial charge in [0.2, 0.25) is 5.91 Å². The lowest BCUT2D eigenvalue weighted by Gasteiger charge is -2.56. The van der Waals surface area contributed by atoms with E-state index in [1.807, 2.05) is 25.1 Å². The van der Waals surface area contributed by atoms with Gasteiger partial charge in [-0.15, -0.1) is 10.2 Å². The third-order valence-electron chi connectivity index (χ3n) is 8.29. The number of nitrogens with zero attached hydrogens (tertiary/aromatic N) is 3. The van der Waals surface area contributed by atoms with Gasteiger partial charge < -0.3 is 15.4 Å². The van der Waals surface area contributed by atoms with E-state index in [1.165, 1.54) is 38.5 Å². The lowest BCUT2D eigenvalue weighted by atomic mass is 9.49. The summed E-state index contributed by atoms with van der Waals surface area (Å²) >= 11 is 11.8. The molecule has 9 heteroatoms. The molecule has 1 amide bonds. The molecule has 0 spiro atoms. The summed E-state index contributed by atoms with van der Waals surface area (Å²) in [7, 11) is 1.58. The van der Waals surface area contributed by atoms with Crippen LogP contribution in [0.5, 0.6) is 5.75 Å². The number of fused-ring (bicyclic) bond motifs is 1. The van der Waals surface area contributed by atoms with E-state index in [9.17, 15) is 4.79 Å². The van der Waals surface area contributed by atoms with E-state index in [2.05, 4.69) is 20.8 Å². The smallest absolute Gasteiger partial charge is 0.226 e. The molecular formula is C27H30ClN5O2S. The van der Waals surface area contributed by atoms with Crippen molar-refractivity contribution in [1.29, 1.82) is 0 Å². The number of methoxy groups -OCH3 is 1. The van der Waals surface area contributed by atoms with Crippen molar-refractivity contribution >= 4 is 51.6 Å². The molecule has 7 rings (SSSR count). The number of hydrogen-bond donors (Lipinski definition) is 2. The molecule has 2 aromatic carbocycles. The minimum Gasteiger partial charge on any atom is -0.495 e. The van der Waals surface area contributed by atoms with Crippen LogP contribution in [-0.2, 0) is 4.79 Å². The number of aryl methyl sites for hydroxylation is 1. The molecule has 1 aromatic heterocycles. The van der Waals surface area contributed by atoms with Crippen molar-refractivity contribution in [2.45, 2.75) is 51.9 Å². The second-order valence-corrected chi connectivity index (χ2v) is 11.9. The van der Waals surface area contributed by atoms with E-state index in [0.717, 1.165) is 40.2 Å². The number of nitrogens with one attached hydrogen (secondary N) is 2. The predicted molar refractivity (Wildman–Crippen MR) is 145 cm³/mol. The number of rotatable bonds is 5. The van der Waals surface area contributed by atoms with E-state index in [1.54, 1.807) is 24.0 Å². The summed E-state index contributed by atoms with van der Waals surface area (Å²) in [6.45, 7) is 1.98. The van der Waals surface area contributed by atoms with Crippen LogP contribution in [0, 0.1) is 30.1 Å². The van der Waals surface area contributed by atoms with Crippen LogP contribution in [-0.4, -0.2) is 33.1 Å². The van der Waals surface area contributed by atoms with Crippen molar-refractivity contribution in [3.63, 3.8) is 0 Å². The summed E-state index contributed by atoms with van der Waals surface area (Å²) in [5.41, 5.74) is 4.13. The van der Waals surface area contributed by atoms with Gasteiger partial charge in [-0.25, -0.2) is 0 Å². The normalized spacial score (nSPS) is 26.2. The molecule has 7 nitrogen and oxygen atoms in total. The minimum absolute atomic E-state index is 0.0236. The Balaban J connectivity index is 1.14. The zero-order valence-corrected chi connectivity index (χ0v) is 22.1. The Morgan fingerprint density at radius 1 is 1.11 bits per heavy atom. The fraction of sp³-hybridized carbons (Fsp3) is 0.481. The summed E-state index contributed by atoms with van der Waals surface area (Å²) in [6.07, 6.45) is 8.32. The van der Waals surface area contributed by atoms with Gasteiger partial charge in [-0.2, -0.15) is 4.80 Å². The lowest BCUT2D eigenvalue weighted by Crippen LogP contribution is -2.48. The topological polar surface area (TPSA) is 81.1 Å². The average Bonchev–Trinajstić information content (AvgIpc) is 3.20. The molecule has 4 aliphatic rings. The summed E-state index contributed by atoms with van der Waals surface area (Å²) < 4.78 is 5.23. The molecule has 4 bridgehead atoms. The molecular weight excluding hydrogens is 494 g/mol. The Bertz CT molecular complexity index is 1330. The number of carbonyl (C=O) groups excluding carboxylic acids is 1. The van der Waals surface area contributed by atoms with E-state index >= 15 is 0 Å². The molecule has 0 aliphatic heterocycles. The first-order valence-electron chi connectivity index (χ1n) is 12.6. The number of anilines is 1.